The number of rotatable bonds is 2. The van der Waals surface area contributed by atoms with E-state index >= 15 is 0 Å². The minimum Gasteiger partial charge on any atom is -0.366 e. The lowest BCUT2D eigenvalue weighted by molar-refractivity contribution is 0.100. The first-order chi connectivity index (χ1) is 8.09. The highest BCUT2D eigenvalue weighted by Crippen LogP contribution is 2.27. The van der Waals surface area contributed by atoms with Crippen molar-refractivity contribution < 1.29 is 4.79 Å². The van der Waals surface area contributed by atoms with Gasteiger partial charge in [0, 0.05) is 10.6 Å². The summed E-state index contributed by atoms with van der Waals surface area (Å²) in [6.45, 7) is 1.94. The zero-order valence-electron chi connectivity index (χ0n) is 9.41. The van der Waals surface area contributed by atoms with Crippen molar-refractivity contribution in [3.63, 3.8) is 0 Å². The fourth-order valence-corrected chi connectivity index (χ4v) is 1.89. The maximum atomic E-state index is 11.3. The highest BCUT2D eigenvalue weighted by atomic mass is 35.5. The molecule has 0 aliphatic heterocycles. The molecule has 2 aromatic carbocycles. The third-order valence-corrected chi connectivity index (χ3v) is 3.08. The predicted molar refractivity (Wildman–Crippen MR) is 70.1 cm³/mol. The molecular formula is C14H12ClNO. The van der Waals surface area contributed by atoms with E-state index < -0.39 is 5.91 Å². The molecule has 0 fully saturated rings. The summed E-state index contributed by atoms with van der Waals surface area (Å²) in [6, 6.07) is 12.9. The standard InChI is InChI=1S/C14H12ClNO/c1-9-6-7-10(8-13(9)15)11-4-2-3-5-12(11)14(16)17/h2-8H,1H3,(H2,16,17). The van der Waals surface area contributed by atoms with Gasteiger partial charge in [-0.25, -0.2) is 0 Å². The smallest absolute Gasteiger partial charge is 0.249 e. The van der Waals surface area contributed by atoms with Crippen LogP contribution in [0.4, 0.5) is 0 Å². The minimum atomic E-state index is -0.433. The Labute approximate surface area is 105 Å². The third kappa shape index (κ3) is 2.32. The van der Waals surface area contributed by atoms with E-state index in [2.05, 4.69) is 0 Å². The molecule has 2 rings (SSSR count). The second kappa shape index (κ2) is 4.60. The van der Waals surface area contributed by atoms with E-state index in [0.717, 1.165) is 16.7 Å². The Morgan fingerprint density at radius 1 is 1.18 bits per heavy atom. The van der Waals surface area contributed by atoms with Crippen LogP contribution in [0.3, 0.4) is 0 Å². The maximum Gasteiger partial charge on any atom is 0.249 e. The first kappa shape index (κ1) is 11.7. The summed E-state index contributed by atoms with van der Waals surface area (Å²) in [7, 11) is 0. The average molecular weight is 246 g/mol. The molecule has 0 unspecified atom stereocenters. The van der Waals surface area contributed by atoms with Gasteiger partial charge in [-0.1, -0.05) is 41.9 Å². The number of hydrogen-bond acceptors (Lipinski definition) is 1. The third-order valence-electron chi connectivity index (χ3n) is 2.68. The molecule has 17 heavy (non-hydrogen) atoms. The molecule has 0 heterocycles. The number of carbonyl (C=O) groups excluding carboxylic acids is 1. The van der Waals surface area contributed by atoms with Gasteiger partial charge in [0.1, 0.15) is 0 Å². The van der Waals surface area contributed by atoms with Crippen molar-refractivity contribution in [2.24, 2.45) is 5.73 Å². The van der Waals surface area contributed by atoms with Crippen molar-refractivity contribution in [1.82, 2.24) is 0 Å². The summed E-state index contributed by atoms with van der Waals surface area (Å²) in [4.78, 5) is 11.3. The predicted octanol–water partition coefficient (Wildman–Crippen LogP) is 3.41. The summed E-state index contributed by atoms with van der Waals surface area (Å²) < 4.78 is 0. The van der Waals surface area contributed by atoms with E-state index in [1.54, 1.807) is 12.1 Å². The molecule has 0 bridgehead atoms. The van der Waals surface area contributed by atoms with Crippen LogP contribution in [0.15, 0.2) is 42.5 Å². The maximum absolute atomic E-state index is 11.3. The van der Waals surface area contributed by atoms with Crippen LogP contribution in [0.25, 0.3) is 11.1 Å². The normalized spacial score (nSPS) is 10.2. The molecule has 2 aromatic rings. The molecule has 0 atom stereocenters. The lowest BCUT2D eigenvalue weighted by Crippen LogP contribution is -2.12. The zero-order chi connectivity index (χ0) is 12.4. The summed E-state index contributed by atoms with van der Waals surface area (Å²) in [6.07, 6.45) is 0. The van der Waals surface area contributed by atoms with Gasteiger partial charge in [0.15, 0.2) is 0 Å². The molecule has 0 aromatic heterocycles. The number of nitrogens with two attached hydrogens (primary N) is 1. The van der Waals surface area contributed by atoms with Gasteiger partial charge in [-0.15, -0.1) is 0 Å². The van der Waals surface area contributed by atoms with Crippen LogP contribution in [0.1, 0.15) is 15.9 Å². The molecule has 3 heteroatoms. The first-order valence-electron chi connectivity index (χ1n) is 5.25. The van der Waals surface area contributed by atoms with Gasteiger partial charge < -0.3 is 5.73 Å². The lowest BCUT2D eigenvalue weighted by atomic mass is 9.98. The molecule has 0 saturated heterocycles. The van der Waals surface area contributed by atoms with E-state index in [9.17, 15) is 4.79 Å². The van der Waals surface area contributed by atoms with E-state index in [0.29, 0.717) is 10.6 Å². The van der Waals surface area contributed by atoms with Crippen LogP contribution < -0.4 is 5.73 Å². The number of carbonyl (C=O) groups is 1. The Bertz CT molecular complexity index is 578. The van der Waals surface area contributed by atoms with E-state index in [4.69, 9.17) is 17.3 Å². The van der Waals surface area contributed by atoms with Gasteiger partial charge in [0.2, 0.25) is 5.91 Å². The summed E-state index contributed by atoms with van der Waals surface area (Å²) >= 11 is 6.08. The fraction of sp³-hybridized carbons (Fsp3) is 0.0714. The van der Waals surface area contributed by atoms with Gasteiger partial charge in [0.25, 0.3) is 0 Å². The van der Waals surface area contributed by atoms with Crippen molar-refractivity contribution >= 4 is 17.5 Å². The molecule has 0 aliphatic rings. The van der Waals surface area contributed by atoms with Crippen LogP contribution in [0.5, 0.6) is 0 Å². The molecule has 0 spiro atoms. The highest BCUT2D eigenvalue weighted by Gasteiger charge is 2.09. The Balaban J connectivity index is 2.60. The summed E-state index contributed by atoms with van der Waals surface area (Å²) in [5.41, 5.74) is 8.57. The Hall–Kier alpha value is -1.80. The van der Waals surface area contributed by atoms with Crippen molar-refractivity contribution in [1.29, 1.82) is 0 Å². The van der Waals surface area contributed by atoms with Crippen molar-refractivity contribution in [2.45, 2.75) is 6.92 Å². The average Bonchev–Trinajstić information content (AvgIpc) is 2.32. The van der Waals surface area contributed by atoms with E-state index in [-0.39, 0.29) is 0 Å². The molecule has 86 valence electrons. The van der Waals surface area contributed by atoms with E-state index in [1.165, 1.54) is 0 Å². The Morgan fingerprint density at radius 2 is 1.88 bits per heavy atom. The highest BCUT2D eigenvalue weighted by molar-refractivity contribution is 6.31. The van der Waals surface area contributed by atoms with Crippen LogP contribution >= 0.6 is 11.6 Å². The molecule has 0 aliphatic carbocycles. The number of primary amides is 1. The van der Waals surface area contributed by atoms with Crippen LogP contribution in [0, 0.1) is 6.92 Å². The fourth-order valence-electron chi connectivity index (χ4n) is 1.71. The van der Waals surface area contributed by atoms with Crippen molar-refractivity contribution in [3.8, 4) is 11.1 Å². The summed E-state index contributed by atoms with van der Waals surface area (Å²) in [5.74, 6) is -0.433. The monoisotopic (exact) mass is 245 g/mol. The second-order valence-electron chi connectivity index (χ2n) is 3.87. The number of halogens is 1. The van der Waals surface area contributed by atoms with Gasteiger partial charge in [-0.2, -0.15) is 0 Å². The number of hydrogen-bond donors (Lipinski definition) is 1. The van der Waals surface area contributed by atoms with Crippen molar-refractivity contribution in [2.75, 3.05) is 0 Å². The zero-order valence-corrected chi connectivity index (χ0v) is 10.2. The number of benzene rings is 2. The number of amides is 1. The molecule has 1 amide bonds. The first-order valence-corrected chi connectivity index (χ1v) is 5.63. The van der Waals surface area contributed by atoms with Crippen LogP contribution in [-0.4, -0.2) is 5.91 Å². The molecular weight excluding hydrogens is 234 g/mol. The van der Waals surface area contributed by atoms with Crippen LogP contribution in [-0.2, 0) is 0 Å². The van der Waals surface area contributed by atoms with E-state index in [1.807, 2.05) is 37.3 Å². The molecule has 0 saturated carbocycles. The van der Waals surface area contributed by atoms with Crippen LogP contribution in [0.2, 0.25) is 5.02 Å². The summed E-state index contributed by atoms with van der Waals surface area (Å²) in [5, 5.41) is 0.682. The van der Waals surface area contributed by atoms with Gasteiger partial charge in [-0.3, -0.25) is 4.79 Å². The van der Waals surface area contributed by atoms with Crippen molar-refractivity contribution in [3.05, 3.63) is 58.6 Å². The van der Waals surface area contributed by atoms with Gasteiger partial charge >= 0.3 is 0 Å². The van der Waals surface area contributed by atoms with Gasteiger partial charge in [0.05, 0.1) is 0 Å². The minimum absolute atomic E-state index is 0.433. The molecule has 2 nitrogen and oxygen atoms in total. The Kier molecular flexibility index (Phi) is 3.16. The quantitative estimate of drug-likeness (QED) is 0.866. The lowest BCUT2D eigenvalue weighted by Gasteiger charge is -2.08. The topological polar surface area (TPSA) is 43.1 Å². The molecule has 2 N–H and O–H groups in total. The second-order valence-corrected chi connectivity index (χ2v) is 4.28. The SMILES string of the molecule is Cc1ccc(-c2ccccc2C(N)=O)cc1Cl. The number of aryl methyl sites for hydroxylation is 1. The van der Waals surface area contributed by atoms with Gasteiger partial charge in [-0.05, 0) is 35.7 Å². The Morgan fingerprint density at radius 3 is 2.53 bits per heavy atom. The molecule has 0 radical (unpaired) electrons. The largest absolute Gasteiger partial charge is 0.366 e.